The van der Waals surface area contributed by atoms with Gasteiger partial charge in [-0.2, -0.15) is 0 Å². The Bertz CT molecular complexity index is 1500. The first-order chi connectivity index (χ1) is 21.4. The molecule has 230 valence electrons. The van der Waals surface area contributed by atoms with E-state index < -0.39 is 0 Å². The van der Waals surface area contributed by atoms with Crippen LogP contribution in [-0.2, 0) is 9.53 Å². The summed E-state index contributed by atoms with van der Waals surface area (Å²) >= 11 is 0. The topological polar surface area (TPSA) is 87.7 Å². The van der Waals surface area contributed by atoms with Gasteiger partial charge in [0, 0.05) is 38.3 Å². The quantitative estimate of drug-likeness (QED) is 0.408. The first kappa shape index (κ1) is 30.2. The molecule has 0 spiro atoms. The zero-order chi connectivity index (χ0) is 30.6. The van der Waals surface area contributed by atoms with Gasteiger partial charge in [-0.15, -0.1) is 0 Å². The van der Waals surface area contributed by atoms with Gasteiger partial charge >= 0.3 is 0 Å². The third-order valence-electron chi connectivity index (χ3n) is 9.43. The number of likely N-dealkylation sites (tertiary alicyclic amines) is 2. The van der Waals surface area contributed by atoms with Crippen LogP contribution in [0.4, 0.5) is 0 Å². The number of aryl methyl sites for hydroxylation is 1. The fourth-order valence-corrected chi connectivity index (χ4v) is 6.45. The van der Waals surface area contributed by atoms with Gasteiger partial charge in [-0.25, -0.2) is 4.98 Å². The van der Waals surface area contributed by atoms with E-state index in [-0.39, 0.29) is 29.7 Å². The second kappa shape index (κ2) is 13.4. The van der Waals surface area contributed by atoms with Crippen LogP contribution in [0.2, 0.25) is 0 Å². The number of ether oxygens (including phenoxy) is 1. The third-order valence-corrected chi connectivity index (χ3v) is 9.43. The molecule has 0 bridgehead atoms. The molecule has 4 heterocycles. The van der Waals surface area contributed by atoms with Crippen molar-refractivity contribution in [3.05, 3.63) is 100 Å². The lowest BCUT2D eigenvalue weighted by molar-refractivity contribution is -0.150. The molecular formula is C36H43N5O3. The largest absolute Gasteiger partial charge is 0.380 e. The van der Waals surface area contributed by atoms with E-state index in [1.165, 1.54) is 34.0 Å². The van der Waals surface area contributed by atoms with Crippen molar-refractivity contribution in [3.63, 3.8) is 0 Å². The third kappa shape index (κ3) is 6.76. The van der Waals surface area contributed by atoms with E-state index in [0.717, 1.165) is 50.0 Å². The summed E-state index contributed by atoms with van der Waals surface area (Å²) in [6.07, 6.45) is 7.07. The van der Waals surface area contributed by atoms with Gasteiger partial charge in [0.2, 0.25) is 5.91 Å². The monoisotopic (exact) mass is 593 g/mol. The van der Waals surface area contributed by atoms with Crippen molar-refractivity contribution in [2.75, 3.05) is 46.4 Å². The van der Waals surface area contributed by atoms with Crippen LogP contribution in [-0.4, -0.2) is 78.0 Å². The van der Waals surface area contributed by atoms with Gasteiger partial charge in [-0.05, 0) is 68.8 Å². The zero-order valence-electron chi connectivity index (χ0n) is 26.1. The minimum atomic E-state index is -0.234. The molecule has 3 aliphatic rings. The van der Waals surface area contributed by atoms with Gasteiger partial charge in [-0.3, -0.25) is 14.6 Å². The van der Waals surface area contributed by atoms with Crippen molar-refractivity contribution >= 4 is 17.4 Å². The summed E-state index contributed by atoms with van der Waals surface area (Å²) in [5, 5.41) is 3.12. The van der Waals surface area contributed by atoms with Crippen LogP contribution in [0, 0.1) is 12.8 Å². The van der Waals surface area contributed by atoms with Gasteiger partial charge in [0.15, 0.2) is 0 Å². The van der Waals surface area contributed by atoms with E-state index in [4.69, 9.17) is 9.72 Å². The van der Waals surface area contributed by atoms with Gasteiger partial charge in [0.05, 0.1) is 37.1 Å². The smallest absolute Gasteiger partial charge is 0.271 e. The highest BCUT2D eigenvalue weighted by Gasteiger charge is 2.33. The Balaban J connectivity index is 1.11. The van der Waals surface area contributed by atoms with E-state index in [1.807, 2.05) is 11.8 Å². The summed E-state index contributed by atoms with van der Waals surface area (Å²) in [4.78, 5) is 39.2. The minimum Gasteiger partial charge on any atom is -0.380 e. The number of carbonyl (C=O) groups excluding carboxylic acids is 2. The fourth-order valence-electron chi connectivity index (χ4n) is 6.45. The number of rotatable bonds is 7. The first-order valence-electron chi connectivity index (χ1n) is 15.9. The van der Waals surface area contributed by atoms with E-state index in [1.54, 1.807) is 6.20 Å². The lowest BCUT2D eigenvalue weighted by Crippen LogP contribution is -2.47. The van der Waals surface area contributed by atoms with Crippen LogP contribution in [0.5, 0.6) is 0 Å². The number of amides is 2. The molecule has 1 N–H and O–H groups in total. The predicted molar refractivity (Wildman–Crippen MR) is 171 cm³/mol. The number of benzene rings is 2. The highest BCUT2D eigenvalue weighted by Crippen LogP contribution is 2.33. The van der Waals surface area contributed by atoms with Crippen molar-refractivity contribution < 1.29 is 14.3 Å². The van der Waals surface area contributed by atoms with Gasteiger partial charge in [0.25, 0.3) is 5.91 Å². The molecule has 2 amide bonds. The summed E-state index contributed by atoms with van der Waals surface area (Å²) in [6, 6.07) is 17.3. The van der Waals surface area contributed by atoms with Crippen molar-refractivity contribution in [2.45, 2.75) is 51.5 Å². The zero-order valence-corrected chi connectivity index (χ0v) is 26.1. The molecular weight excluding hydrogens is 550 g/mol. The highest BCUT2D eigenvalue weighted by atomic mass is 16.5. The molecule has 3 saturated heterocycles. The second-order valence-corrected chi connectivity index (χ2v) is 12.6. The fraction of sp³-hybridized carbons (Fsp3) is 0.444. The molecule has 0 unspecified atom stereocenters. The van der Waals surface area contributed by atoms with Crippen LogP contribution < -0.4 is 5.32 Å². The van der Waals surface area contributed by atoms with Gasteiger partial charge in [-0.1, -0.05) is 59.7 Å². The highest BCUT2D eigenvalue weighted by molar-refractivity contribution is 5.92. The lowest BCUT2D eigenvalue weighted by Gasteiger charge is -2.36. The number of hydrogen-bond acceptors (Lipinski definition) is 6. The number of carbonyl (C=O) groups is 2. The first-order valence-corrected chi connectivity index (χ1v) is 15.9. The van der Waals surface area contributed by atoms with Crippen LogP contribution in [0.1, 0.15) is 83.0 Å². The molecule has 44 heavy (non-hydrogen) atoms. The van der Waals surface area contributed by atoms with E-state index in [2.05, 4.69) is 77.7 Å². The van der Waals surface area contributed by atoms with Crippen LogP contribution in [0.25, 0.3) is 5.57 Å². The molecule has 0 saturated carbocycles. The normalized spacial score (nSPS) is 18.9. The van der Waals surface area contributed by atoms with E-state index >= 15 is 0 Å². The average Bonchev–Trinajstić information content (AvgIpc) is 3.02. The molecule has 3 aromatic rings. The molecule has 2 aromatic carbocycles. The minimum absolute atomic E-state index is 0.0167. The Morgan fingerprint density at radius 2 is 1.55 bits per heavy atom. The Hall–Kier alpha value is -3.88. The van der Waals surface area contributed by atoms with Gasteiger partial charge in [0.1, 0.15) is 5.69 Å². The maximum Gasteiger partial charge on any atom is 0.271 e. The predicted octanol–water partition coefficient (Wildman–Crippen LogP) is 5.16. The lowest BCUT2D eigenvalue weighted by atomic mass is 9.87. The maximum atomic E-state index is 13.3. The van der Waals surface area contributed by atoms with Crippen LogP contribution in [0.15, 0.2) is 66.5 Å². The molecule has 8 nitrogen and oxygen atoms in total. The van der Waals surface area contributed by atoms with Crippen molar-refractivity contribution in [2.24, 2.45) is 5.92 Å². The van der Waals surface area contributed by atoms with Crippen LogP contribution in [0.3, 0.4) is 0 Å². The molecule has 6 rings (SSSR count). The van der Waals surface area contributed by atoms with E-state index in [0.29, 0.717) is 32.0 Å². The second-order valence-electron chi connectivity index (χ2n) is 12.6. The number of hydrogen-bond donors (Lipinski definition) is 1. The van der Waals surface area contributed by atoms with Crippen LogP contribution >= 0.6 is 0 Å². The number of piperidine rings is 2. The number of nitrogens with zero attached hydrogens (tertiary/aromatic N) is 4. The summed E-state index contributed by atoms with van der Waals surface area (Å²) in [7, 11) is 2.19. The van der Waals surface area contributed by atoms with E-state index in [9.17, 15) is 9.59 Å². The average molecular weight is 594 g/mol. The summed E-state index contributed by atoms with van der Waals surface area (Å²) in [6.45, 7) is 8.74. The SMILES string of the molecule is Cc1ccc(C(=C2CCN(C)CC2)c2ccc([C@H](C)NC(=O)c3cncc(C4CCN(C(=O)C5COC5)CC4)n3)cc2)cc1. The number of aromatic nitrogens is 2. The molecule has 0 radical (unpaired) electrons. The van der Waals surface area contributed by atoms with Crippen molar-refractivity contribution in [1.29, 1.82) is 0 Å². The maximum absolute atomic E-state index is 13.3. The summed E-state index contributed by atoms with van der Waals surface area (Å²) in [5.41, 5.74) is 8.75. The molecule has 1 atom stereocenters. The Kier molecular flexibility index (Phi) is 9.19. The molecule has 8 heteroatoms. The summed E-state index contributed by atoms with van der Waals surface area (Å²) in [5.74, 6) is 0.161. The van der Waals surface area contributed by atoms with Crippen molar-refractivity contribution in [3.8, 4) is 0 Å². The number of nitrogens with one attached hydrogen (secondary N) is 1. The molecule has 3 aliphatic heterocycles. The Morgan fingerprint density at radius 1 is 0.909 bits per heavy atom. The molecule has 1 aromatic heterocycles. The van der Waals surface area contributed by atoms with Gasteiger partial charge < -0.3 is 19.9 Å². The Labute approximate surface area is 260 Å². The Morgan fingerprint density at radius 3 is 2.16 bits per heavy atom. The standard InChI is InChI=1S/C36H43N5O3/c1-24-4-6-28(7-5-24)34(30-12-16-40(3)17-13-30)29-10-8-26(9-11-29)25(2)38-35(42)33-21-37-20-32(39-33)27-14-18-41(19-15-27)36(43)31-22-44-23-31/h4-11,20-21,25,27,31H,12-19,22-23H2,1-3H3,(H,38,42)/t25-/m0/s1. The summed E-state index contributed by atoms with van der Waals surface area (Å²) < 4.78 is 5.18. The molecule has 0 aliphatic carbocycles. The van der Waals surface area contributed by atoms with Crippen molar-refractivity contribution in [1.82, 2.24) is 25.1 Å². The molecule has 3 fully saturated rings.